The van der Waals surface area contributed by atoms with E-state index in [0.717, 1.165) is 72.4 Å². The number of likely N-dealkylation sites (N-methyl/N-ethyl adjacent to an activating group) is 1. The van der Waals surface area contributed by atoms with Crippen molar-refractivity contribution in [3.8, 4) is 16.9 Å². The van der Waals surface area contributed by atoms with Gasteiger partial charge in [-0.05, 0) is 103 Å². The Morgan fingerprint density at radius 1 is 1.06 bits per heavy atom. The lowest BCUT2D eigenvalue weighted by atomic mass is 9.84. The maximum atomic E-state index is 12.6. The van der Waals surface area contributed by atoms with Crippen molar-refractivity contribution in [3.05, 3.63) is 82.6 Å². The highest BCUT2D eigenvalue weighted by molar-refractivity contribution is 6.31. The molecule has 5 atom stereocenters. The molecule has 0 bridgehead atoms. The van der Waals surface area contributed by atoms with Gasteiger partial charge >= 0.3 is 0 Å². The van der Waals surface area contributed by atoms with Crippen LogP contribution in [-0.4, -0.2) is 92.0 Å². The summed E-state index contributed by atoms with van der Waals surface area (Å²) in [5, 5.41) is 49.3. The van der Waals surface area contributed by atoms with Crippen molar-refractivity contribution in [1.82, 2.24) is 9.88 Å². The third-order valence-electron chi connectivity index (χ3n) is 9.77. The molecule has 0 aliphatic heterocycles. The fraction of sp³-hybridized carbons (Fsp3) is 0.514. The number of halogens is 1. The zero-order valence-corrected chi connectivity index (χ0v) is 27.9. The molecule has 3 aromatic rings. The number of carbonyl (C=O) groups excluding carboxylic acids is 1. The van der Waals surface area contributed by atoms with Gasteiger partial charge in [-0.3, -0.25) is 9.78 Å². The number of pyridine rings is 1. The molecule has 0 spiro atoms. The summed E-state index contributed by atoms with van der Waals surface area (Å²) in [6.07, 6.45) is 4.47. The van der Waals surface area contributed by atoms with Crippen molar-refractivity contribution in [2.75, 3.05) is 20.2 Å². The van der Waals surface area contributed by atoms with Gasteiger partial charge in [0.1, 0.15) is 24.1 Å². The van der Waals surface area contributed by atoms with Gasteiger partial charge in [0.25, 0.3) is 5.91 Å². The van der Waals surface area contributed by atoms with Crippen LogP contribution in [0, 0.1) is 0 Å². The minimum atomic E-state index is -1.92. The van der Waals surface area contributed by atoms with E-state index in [-0.39, 0.29) is 11.3 Å². The SMILES string of the molecule is CC(CCCN(C)C(=O)[C@@H](O)[C@@H](O)[C@H](O)[C@@H](O)CO)c1ccc(Cl)c(CCC2(c3cnccc3-c3ccccc3OC3CC3)CC2)c1. The van der Waals surface area contributed by atoms with Crippen LogP contribution in [-0.2, 0) is 16.6 Å². The molecule has 1 unspecified atom stereocenters. The largest absolute Gasteiger partial charge is 0.490 e. The number of benzene rings is 2. The van der Waals surface area contributed by atoms with Gasteiger partial charge in [0.2, 0.25) is 0 Å². The topological polar surface area (TPSA) is 144 Å². The second kappa shape index (κ2) is 15.4. The number of aryl methyl sites for hydroxylation is 1. The van der Waals surface area contributed by atoms with E-state index in [0.29, 0.717) is 19.1 Å². The van der Waals surface area contributed by atoms with Crippen LogP contribution in [0.1, 0.15) is 74.5 Å². The lowest BCUT2D eigenvalue weighted by Gasteiger charge is -2.28. The summed E-state index contributed by atoms with van der Waals surface area (Å²) >= 11 is 6.72. The number of rotatable bonds is 17. The molecule has 2 aliphatic carbocycles. The number of nitrogens with zero attached hydrogens (tertiary/aromatic N) is 2. The first-order chi connectivity index (χ1) is 22.5. The molecular weight excluding hydrogens is 620 g/mol. The molecule has 2 aromatic carbocycles. The summed E-state index contributed by atoms with van der Waals surface area (Å²) in [4.78, 5) is 18.4. The van der Waals surface area contributed by atoms with E-state index in [1.165, 1.54) is 23.1 Å². The normalized spacial score (nSPS) is 18.6. The first-order valence-electron chi connectivity index (χ1n) is 16.6. The molecule has 1 aromatic heterocycles. The Morgan fingerprint density at radius 2 is 1.81 bits per heavy atom. The number of aliphatic hydroxyl groups is 5. The van der Waals surface area contributed by atoms with Gasteiger partial charge in [-0.2, -0.15) is 0 Å². The molecule has 5 rings (SSSR count). The van der Waals surface area contributed by atoms with Gasteiger partial charge < -0.3 is 35.2 Å². The smallest absolute Gasteiger partial charge is 0.253 e. The maximum absolute atomic E-state index is 12.6. The zero-order valence-electron chi connectivity index (χ0n) is 27.1. The molecule has 9 nitrogen and oxygen atoms in total. The summed E-state index contributed by atoms with van der Waals surface area (Å²) in [6.45, 7) is 1.65. The van der Waals surface area contributed by atoms with Crippen LogP contribution in [0.4, 0.5) is 0 Å². The van der Waals surface area contributed by atoms with E-state index >= 15 is 0 Å². The second-order valence-corrected chi connectivity index (χ2v) is 13.8. The molecule has 10 heteroatoms. The molecule has 1 heterocycles. The van der Waals surface area contributed by atoms with Crippen LogP contribution >= 0.6 is 11.6 Å². The van der Waals surface area contributed by atoms with E-state index in [9.17, 15) is 25.2 Å². The van der Waals surface area contributed by atoms with E-state index in [2.05, 4.69) is 42.2 Å². The highest BCUT2D eigenvalue weighted by atomic mass is 35.5. The van der Waals surface area contributed by atoms with E-state index in [1.54, 1.807) is 0 Å². The average Bonchev–Trinajstić information content (AvgIpc) is 4.04. The molecule has 5 N–H and O–H groups in total. The molecule has 2 aliphatic rings. The Labute approximate surface area is 281 Å². The van der Waals surface area contributed by atoms with Crippen molar-refractivity contribution in [2.24, 2.45) is 0 Å². The molecule has 254 valence electrons. The van der Waals surface area contributed by atoms with Crippen molar-refractivity contribution in [2.45, 2.75) is 100 Å². The Morgan fingerprint density at radius 3 is 2.51 bits per heavy atom. The average molecular weight is 667 g/mol. The van der Waals surface area contributed by atoms with Gasteiger partial charge in [0.15, 0.2) is 6.10 Å². The Bertz CT molecular complexity index is 1510. The number of amides is 1. The summed E-state index contributed by atoms with van der Waals surface area (Å²) < 4.78 is 6.27. The Kier molecular flexibility index (Phi) is 11.6. The van der Waals surface area contributed by atoms with Crippen LogP contribution in [0.3, 0.4) is 0 Å². The van der Waals surface area contributed by atoms with E-state index in [1.807, 2.05) is 30.6 Å². The molecular formula is C37H47ClN2O7. The molecule has 1 amide bonds. The fourth-order valence-corrected chi connectivity index (χ4v) is 6.50. The minimum Gasteiger partial charge on any atom is -0.490 e. The fourth-order valence-electron chi connectivity index (χ4n) is 6.29. The first kappa shape index (κ1) is 35.3. The predicted octanol–water partition coefficient (Wildman–Crippen LogP) is 4.39. The summed E-state index contributed by atoms with van der Waals surface area (Å²) in [6, 6.07) is 16.6. The summed E-state index contributed by atoms with van der Waals surface area (Å²) in [5.74, 6) is 0.353. The third kappa shape index (κ3) is 8.52. The minimum absolute atomic E-state index is 0.0444. The van der Waals surface area contributed by atoms with Crippen LogP contribution in [0.2, 0.25) is 5.02 Å². The van der Waals surface area contributed by atoms with Gasteiger partial charge in [-0.25, -0.2) is 0 Å². The highest BCUT2D eigenvalue weighted by Crippen LogP contribution is 2.55. The third-order valence-corrected chi connectivity index (χ3v) is 10.1. The first-order valence-corrected chi connectivity index (χ1v) is 17.0. The Balaban J connectivity index is 1.19. The number of carbonyl (C=O) groups is 1. The molecule has 2 fully saturated rings. The number of hydrogen-bond donors (Lipinski definition) is 5. The van der Waals surface area contributed by atoms with Gasteiger partial charge in [0, 0.05) is 36.6 Å². The van der Waals surface area contributed by atoms with Crippen molar-refractivity contribution < 1.29 is 35.1 Å². The van der Waals surface area contributed by atoms with Crippen molar-refractivity contribution in [1.29, 1.82) is 0 Å². The lowest BCUT2D eigenvalue weighted by molar-refractivity contribution is -0.157. The number of hydrogen-bond acceptors (Lipinski definition) is 8. The lowest BCUT2D eigenvalue weighted by Crippen LogP contribution is -2.52. The zero-order chi connectivity index (χ0) is 33.7. The number of ether oxygens (including phenoxy) is 1. The van der Waals surface area contributed by atoms with E-state index < -0.39 is 36.9 Å². The molecule has 2 saturated carbocycles. The predicted molar refractivity (Wildman–Crippen MR) is 180 cm³/mol. The number of aromatic nitrogens is 1. The van der Waals surface area contributed by atoms with Gasteiger partial charge in [-0.1, -0.05) is 48.9 Å². The van der Waals surface area contributed by atoms with Crippen LogP contribution in [0.15, 0.2) is 60.9 Å². The monoisotopic (exact) mass is 666 g/mol. The van der Waals surface area contributed by atoms with Crippen molar-refractivity contribution >= 4 is 17.5 Å². The summed E-state index contributed by atoms with van der Waals surface area (Å²) in [5.41, 5.74) is 5.89. The molecule has 47 heavy (non-hydrogen) atoms. The number of para-hydroxylation sites is 1. The standard InChI is InChI=1S/C37H47ClN2O7/c1-23(6-5-19-40(2)36(46)35(45)34(44)33(43)31(42)22-41)24-9-12-30(38)25(20-24)13-15-37(16-17-37)29-21-39-18-14-27(29)28-7-3-4-8-32(28)47-26-10-11-26/h3-4,7-9,12,14,18,20-21,23,26,31,33-35,41-45H,5-6,10-11,13,15-17,19,22H2,1-2H3/t23?,31-,33+,34-,35-/m0/s1. The summed E-state index contributed by atoms with van der Waals surface area (Å²) in [7, 11) is 1.51. The number of aliphatic hydroxyl groups excluding tert-OH is 5. The van der Waals surface area contributed by atoms with Crippen LogP contribution < -0.4 is 4.74 Å². The van der Waals surface area contributed by atoms with Crippen molar-refractivity contribution in [3.63, 3.8) is 0 Å². The van der Waals surface area contributed by atoms with Crippen LogP contribution in [0.25, 0.3) is 11.1 Å². The quantitative estimate of drug-likeness (QED) is 0.143. The van der Waals surface area contributed by atoms with Gasteiger partial charge in [-0.15, -0.1) is 0 Å². The maximum Gasteiger partial charge on any atom is 0.253 e. The second-order valence-electron chi connectivity index (χ2n) is 13.3. The highest BCUT2D eigenvalue weighted by Gasteiger charge is 2.45. The molecule has 0 saturated heterocycles. The van der Waals surface area contributed by atoms with Crippen LogP contribution in [0.5, 0.6) is 5.75 Å². The molecule has 0 radical (unpaired) electrons. The Hall–Kier alpha value is -3.05. The van der Waals surface area contributed by atoms with Gasteiger partial charge in [0.05, 0.1) is 12.7 Å². The van der Waals surface area contributed by atoms with E-state index in [4.69, 9.17) is 21.4 Å².